The molecule has 4 rings (SSSR count). The Hall–Kier alpha value is -3.30. The van der Waals surface area contributed by atoms with E-state index < -0.39 is 35.2 Å². The van der Waals surface area contributed by atoms with E-state index >= 15 is 0 Å². The Morgan fingerprint density at radius 1 is 1.24 bits per heavy atom. The Labute approximate surface area is 195 Å². The second kappa shape index (κ2) is 8.57. The van der Waals surface area contributed by atoms with Gasteiger partial charge in [-0.15, -0.1) is 0 Å². The summed E-state index contributed by atoms with van der Waals surface area (Å²) in [5.41, 5.74) is 6.28. The van der Waals surface area contributed by atoms with E-state index in [1.54, 1.807) is 24.3 Å². The monoisotopic (exact) mass is 472 g/mol. The molecule has 0 aromatic heterocycles. The van der Waals surface area contributed by atoms with Gasteiger partial charge in [0.15, 0.2) is 0 Å². The Morgan fingerprint density at radius 3 is 2.67 bits per heavy atom. The molecule has 9 nitrogen and oxygen atoms in total. The molecule has 2 aliphatic heterocycles. The van der Waals surface area contributed by atoms with Crippen molar-refractivity contribution in [1.82, 2.24) is 5.32 Å². The summed E-state index contributed by atoms with van der Waals surface area (Å²) in [5.74, 6) is -1.23. The predicted molar refractivity (Wildman–Crippen MR) is 124 cm³/mol. The van der Waals surface area contributed by atoms with Crippen LogP contribution in [0.5, 0.6) is 11.5 Å². The van der Waals surface area contributed by atoms with Crippen molar-refractivity contribution in [2.24, 2.45) is 11.7 Å². The molecular weight excluding hydrogens is 448 g/mol. The Morgan fingerprint density at radius 2 is 2.00 bits per heavy atom. The number of rotatable bonds is 6. The van der Waals surface area contributed by atoms with Crippen LogP contribution in [-0.4, -0.2) is 38.0 Å². The highest BCUT2D eigenvalue weighted by Gasteiger charge is 2.60. The number of carbonyl (C=O) groups excluding carboxylic acids is 3. The largest absolute Gasteiger partial charge is 0.497 e. The zero-order valence-electron chi connectivity index (χ0n) is 18.5. The third kappa shape index (κ3) is 3.87. The molecular formula is C23H25ClN4O5. The number of halogens is 1. The number of nitrogens with two attached hydrogens (primary N) is 1. The number of fused-ring (bicyclic) bond motifs is 2. The summed E-state index contributed by atoms with van der Waals surface area (Å²) < 4.78 is 10.6. The van der Waals surface area contributed by atoms with Crippen molar-refractivity contribution in [3.63, 3.8) is 0 Å². The quantitative estimate of drug-likeness (QED) is 0.510. The van der Waals surface area contributed by atoms with E-state index in [1.807, 2.05) is 13.0 Å². The van der Waals surface area contributed by atoms with Gasteiger partial charge in [0.25, 0.3) is 0 Å². The second-order valence-electron chi connectivity index (χ2n) is 8.29. The zero-order valence-corrected chi connectivity index (χ0v) is 19.2. The normalized spacial score (nSPS) is 23.2. The van der Waals surface area contributed by atoms with Crippen LogP contribution in [0, 0.1) is 12.8 Å². The van der Waals surface area contributed by atoms with Gasteiger partial charge < -0.3 is 25.8 Å². The molecule has 2 aliphatic rings. The number of primary amides is 1. The lowest BCUT2D eigenvalue weighted by molar-refractivity contribution is -0.130. The van der Waals surface area contributed by atoms with Gasteiger partial charge in [-0.3, -0.25) is 19.7 Å². The number of benzene rings is 2. The number of amides is 3. The smallest absolute Gasteiger partial charge is 0.250 e. The van der Waals surface area contributed by atoms with Gasteiger partial charge in [-0.05, 0) is 37.1 Å². The first-order chi connectivity index (χ1) is 15.7. The van der Waals surface area contributed by atoms with Crippen LogP contribution in [0.1, 0.15) is 24.0 Å². The highest BCUT2D eigenvalue weighted by atomic mass is 35.5. The first-order valence-electron chi connectivity index (χ1n) is 10.4. The van der Waals surface area contributed by atoms with Crippen molar-refractivity contribution in [2.75, 3.05) is 24.9 Å². The second-order valence-corrected chi connectivity index (χ2v) is 8.69. The standard InChI is InChI=1S/C23H25ClN4O5/c1-11-6-14-20(16(24)7-11)27-22(31)23(14)15(8-12(28-23)9-19(25)29)21(30)26-17-10-13(32-2)4-5-18(17)33-3/h4-7,10,12,15,28H,8-9H2,1-3H3,(H2,25,29)(H,26,30)(H,27,31)/t12-,15+,23+/m1/s1. The van der Waals surface area contributed by atoms with E-state index in [1.165, 1.54) is 14.2 Å². The van der Waals surface area contributed by atoms with Crippen LogP contribution in [0.25, 0.3) is 0 Å². The molecule has 174 valence electrons. The van der Waals surface area contributed by atoms with Gasteiger partial charge in [-0.1, -0.05) is 17.7 Å². The van der Waals surface area contributed by atoms with Crippen LogP contribution in [0.2, 0.25) is 5.02 Å². The van der Waals surface area contributed by atoms with Crippen molar-refractivity contribution in [1.29, 1.82) is 0 Å². The highest BCUT2D eigenvalue weighted by molar-refractivity contribution is 6.35. The lowest BCUT2D eigenvalue weighted by Crippen LogP contribution is -2.52. The van der Waals surface area contributed by atoms with Gasteiger partial charge in [-0.25, -0.2) is 0 Å². The molecule has 0 aliphatic carbocycles. The molecule has 5 N–H and O–H groups in total. The topological polar surface area (TPSA) is 132 Å². The average molecular weight is 473 g/mol. The molecule has 2 aromatic carbocycles. The third-order valence-electron chi connectivity index (χ3n) is 6.16. The predicted octanol–water partition coefficient (Wildman–Crippen LogP) is 2.31. The minimum atomic E-state index is -1.40. The fraction of sp³-hybridized carbons (Fsp3) is 0.348. The zero-order chi connectivity index (χ0) is 23.9. The molecule has 33 heavy (non-hydrogen) atoms. The fourth-order valence-corrected chi connectivity index (χ4v) is 5.08. The first-order valence-corrected chi connectivity index (χ1v) is 10.8. The number of anilines is 2. The van der Waals surface area contributed by atoms with Crippen LogP contribution in [0.3, 0.4) is 0 Å². The van der Waals surface area contributed by atoms with Gasteiger partial charge in [0.2, 0.25) is 17.7 Å². The SMILES string of the molecule is COc1ccc(OC)c(NC(=O)[C@@H]2C[C@H](CC(N)=O)N[C@]23C(=O)Nc2c(Cl)cc(C)cc23)c1. The maximum atomic E-state index is 13.6. The molecule has 0 radical (unpaired) electrons. The molecule has 3 amide bonds. The third-order valence-corrected chi connectivity index (χ3v) is 6.46. The van der Waals surface area contributed by atoms with Gasteiger partial charge in [0.05, 0.1) is 36.5 Å². The maximum Gasteiger partial charge on any atom is 0.250 e. The van der Waals surface area contributed by atoms with Crippen molar-refractivity contribution >= 4 is 40.7 Å². The number of methoxy groups -OCH3 is 2. The minimum absolute atomic E-state index is 0.0177. The first kappa shape index (κ1) is 22.9. The van der Waals surface area contributed by atoms with Gasteiger partial charge in [0.1, 0.15) is 17.0 Å². The summed E-state index contributed by atoms with van der Waals surface area (Å²) in [4.78, 5) is 38.6. The Balaban J connectivity index is 1.77. The number of hydrogen-bond acceptors (Lipinski definition) is 6. The van der Waals surface area contributed by atoms with Crippen LogP contribution in [-0.2, 0) is 19.9 Å². The van der Waals surface area contributed by atoms with E-state index in [4.69, 9.17) is 26.8 Å². The molecule has 0 saturated carbocycles. The van der Waals surface area contributed by atoms with Gasteiger partial charge >= 0.3 is 0 Å². The minimum Gasteiger partial charge on any atom is -0.497 e. The summed E-state index contributed by atoms with van der Waals surface area (Å²) in [5, 5.41) is 9.30. The lowest BCUT2D eigenvalue weighted by atomic mass is 9.79. The van der Waals surface area contributed by atoms with Crippen molar-refractivity contribution in [3.05, 3.63) is 46.5 Å². The molecule has 0 unspecified atom stereocenters. The van der Waals surface area contributed by atoms with Crippen LogP contribution < -0.4 is 31.2 Å². The fourth-order valence-electron chi connectivity index (χ4n) is 4.76. The van der Waals surface area contributed by atoms with Gasteiger partial charge in [-0.2, -0.15) is 0 Å². The average Bonchev–Trinajstić information content (AvgIpc) is 3.27. The van der Waals surface area contributed by atoms with Gasteiger partial charge in [0, 0.05) is 24.1 Å². The molecule has 3 atom stereocenters. The molecule has 10 heteroatoms. The van der Waals surface area contributed by atoms with Crippen molar-refractivity contribution in [3.8, 4) is 11.5 Å². The molecule has 1 saturated heterocycles. The number of ether oxygens (including phenoxy) is 2. The van der Waals surface area contributed by atoms with E-state index in [-0.39, 0.29) is 12.8 Å². The van der Waals surface area contributed by atoms with E-state index in [0.717, 1.165) is 5.56 Å². The lowest BCUT2D eigenvalue weighted by Gasteiger charge is -2.29. The van der Waals surface area contributed by atoms with E-state index in [9.17, 15) is 14.4 Å². The number of carbonyl (C=O) groups is 3. The van der Waals surface area contributed by atoms with Crippen LogP contribution in [0.4, 0.5) is 11.4 Å². The molecule has 0 bridgehead atoms. The highest BCUT2D eigenvalue weighted by Crippen LogP contribution is 2.50. The van der Waals surface area contributed by atoms with Crippen molar-refractivity contribution < 1.29 is 23.9 Å². The maximum absolute atomic E-state index is 13.6. The molecule has 1 fully saturated rings. The van der Waals surface area contributed by atoms with Crippen LogP contribution >= 0.6 is 11.6 Å². The number of nitrogens with one attached hydrogen (secondary N) is 3. The van der Waals surface area contributed by atoms with E-state index in [2.05, 4.69) is 16.0 Å². The Kier molecular flexibility index (Phi) is 5.94. The summed E-state index contributed by atoms with van der Waals surface area (Å²) in [6.45, 7) is 1.86. The summed E-state index contributed by atoms with van der Waals surface area (Å²) in [6.07, 6.45) is 0.204. The molecule has 1 spiro atoms. The van der Waals surface area contributed by atoms with Crippen molar-refractivity contribution in [2.45, 2.75) is 31.3 Å². The summed E-state index contributed by atoms with van der Waals surface area (Å²) >= 11 is 6.41. The molecule has 2 aromatic rings. The molecule has 2 heterocycles. The Bertz CT molecular complexity index is 1150. The summed E-state index contributed by atoms with van der Waals surface area (Å²) in [7, 11) is 3.01. The van der Waals surface area contributed by atoms with Crippen LogP contribution in [0.15, 0.2) is 30.3 Å². The number of hydrogen-bond donors (Lipinski definition) is 4. The van der Waals surface area contributed by atoms with E-state index in [0.29, 0.717) is 33.5 Å². The summed E-state index contributed by atoms with van der Waals surface area (Å²) in [6, 6.07) is 8.11. The number of aryl methyl sites for hydroxylation is 1.